The molecule has 2 unspecified atom stereocenters. The number of imide groups is 1. The SMILES string of the molecule is CC(C(=O)NC(N)=O)N1CCC(O)C1. The van der Waals surface area contributed by atoms with Crippen molar-refractivity contribution in [2.75, 3.05) is 13.1 Å². The van der Waals surface area contributed by atoms with E-state index in [0.717, 1.165) is 0 Å². The highest BCUT2D eigenvalue weighted by molar-refractivity contribution is 5.96. The summed E-state index contributed by atoms with van der Waals surface area (Å²) in [5.74, 6) is -0.424. The van der Waals surface area contributed by atoms with Crippen LogP contribution in [0.25, 0.3) is 0 Å². The highest BCUT2D eigenvalue weighted by atomic mass is 16.3. The fraction of sp³-hybridized carbons (Fsp3) is 0.750. The molecular formula is C8H15N3O3. The number of amides is 3. The molecule has 1 aliphatic heterocycles. The Labute approximate surface area is 82.1 Å². The maximum absolute atomic E-state index is 11.3. The van der Waals surface area contributed by atoms with E-state index in [1.807, 2.05) is 10.2 Å². The van der Waals surface area contributed by atoms with Gasteiger partial charge in [0.25, 0.3) is 0 Å². The van der Waals surface area contributed by atoms with E-state index in [9.17, 15) is 14.7 Å². The summed E-state index contributed by atoms with van der Waals surface area (Å²) in [6, 6.07) is -1.28. The zero-order valence-corrected chi connectivity index (χ0v) is 8.06. The summed E-state index contributed by atoms with van der Waals surface area (Å²) < 4.78 is 0. The Bertz CT molecular complexity index is 244. The van der Waals surface area contributed by atoms with E-state index in [0.29, 0.717) is 19.5 Å². The molecule has 0 aliphatic carbocycles. The van der Waals surface area contributed by atoms with Gasteiger partial charge in [0.2, 0.25) is 5.91 Å². The van der Waals surface area contributed by atoms with E-state index >= 15 is 0 Å². The predicted molar refractivity (Wildman–Crippen MR) is 49.4 cm³/mol. The smallest absolute Gasteiger partial charge is 0.318 e. The van der Waals surface area contributed by atoms with E-state index in [1.54, 1.807) is 6.92 Å². The predicted octanol–water partition coefficient (Wildman–Crippen LogP) is -1.36. The molecule has 1 heterocycles. The zero-order valence-electron chi connectivity index (χ0n) is 8.06. The molecule has 4 N–H and O–H groups in total. The van der Waals surface area contributed by atoms with Gasteiger partial charge in [-0.3, -0.25) is 15.0 Å². The molecule has 6 nitrogen and oxygen atoms in total. The molecule has 1 fully saturated rings. The average molecular weight is 201 g/mol. The Kier molecular flexibility index (Phi) is 3.43. The average Bonchev–Trinajstić information content (AvgIpc) is 2.49. The molecule has 0 bridgehead atoms. The van der Waals surface area contributed by atoms with Crippen LogP contribution >= 0.6 is 0 Å². The molecular weight excluding hydrogens is 186 g/mol. The van der Waals surface area contributed by atoms with Gasteiger partial charge < -0.3 is 10.8 Å². The van der Waals surface area contributed by atoms with Gasteiger partial charge in [0, 0.05) is 13.1 Å². The van der Waals surface area contributed by atoms with Crippen molar-refractivity contribution < 1.29 is 14.7 Å². The van der Waals surface area contributed by atoms with Gasteiger partial charge in [-0.25, -0.2) is 4.79 Å². The lowest BCUT2D eigenvalue weighted by Crippen LogP contribution is -2.47. The summed E-state index contributed by atoms with van der Waals surface area (Å²) in [6.07, 6.45) is 0.285. The van der Waals surface area contributed by atoms with Gasteiger partial charge >= 0.3 is 6.03 Å². The molecule has 2 atom stereocenters. The summed E-state index contributed by atoms with van der Waals surface area (Å²) >= 11 is 0. The van der Waals surface area contributed by atoms with Crippen molar-refractivity contribution in [3.8, 4) is 0 Å². The molecule has 0 radical (unpaired) electrons. The second kappa shape index (κ2) is 4.39. The highest BCUT2D eigenvalue weighted by Crippen LogP contribution is 2.12. The van der Waals surface area contributed by atoms with Gasteiger partial charge in [-0.15, -0.1) is 0 Å². The number of nitrogens with two attached hydrogens (primary N) is 1. The molecule has 0 spiro atoms. The number of carbonyl (C=O) groups excluding carboxylic acids is 2. The van der Waals surface area contributed by atoms with Crippen LogP contribution in [-0.4, -0.2) is 47.2 Å². The third kappa shape index (κ3) is 2.68. The molecule has 0 saturated carbocycles. The Hall–Kier alpha value is -1.14. The number of primary amides is 1. The molecule has 14 heavy (non-hydrogen) atoms. The lowest BCUT2D eigenvalue weighted by molar-refractivity contribution is -0.124. The van der Waals surface area contributed by atoms with Crippen molar-refractivity contribution >= 4 is 11.9 Å². The topological polar surface area (TPSA) is 95.7 Å². The lowest BCUT2D eigenvalue weighted by Gasteiger charge is -2.21. The summed E-state index contributed by atoms with van der Waals surface area (Å²) in [5, 5.41) is 11.3. The van der Waals surface area contributed by atoms with E-state index in [2.05, 4.69) is 0 Å². The van der Waals surface area contributed by atoms with E-state index in [4.69, 9.17) is 5.73 Å². The first-order valence-electron chi connectivity index (χ1n) is 4.53. The van der Waals surface area contributed by atoms with Crippen molar-refractivity contribution in [3.63, 3.8) is 0 Å². The summed E-state index contributed by atoms with van der Waals surface area (Å²) in [5.41, 5.74) is 4.82. The summed E-state index contributed by atoms with van der Waals surface area (Å²) in [6.45, 7) is 2.80. The van der Waals surface area contributed by atoms with Crippen molar-refractivity contribution in [1.82, 2.24) is 10.2 Å². The van der Waals surface area contributed by atoms with Gasteiger partial charge in [0.05, 0.1) is 12.1 Å². The van der Waals surface area contributed by atoms with Crippen LogP contribution in [0.1, 0.15) is 13.3 Å². The quantitative estimate of drug-likeness (QED) is 0.514. The number of likely N-dealkylation sites (tertiary alicyclic amines) is 1. The molecule has 6 heteroatoms. The molecule has 0 aromatic heterocycles. The van der Waals surface area contributed by atoms with Crippen LogP contribution in [0.2, 0.25) is 0 Å². The van der Waals surface area contributed by atoms with Crippen LogP contribution in [0.3, 0.4) is 0 Å². The number of nitrogens with one attached hydrogen (secondary N) is 1. The molecule has 3 amide bonds. The molecule has 80 valence electrons. The van der Waals surface area contributed by atoms with E-state index < -0.39 is 18.0 Å². The van der Waals surface area contributed by atoms with Crippen LogP contribution < -0.4 is 11.1 Å². The number of carbonyl (C=O) groups is 2. The molecule has 1 saturated heterocycles. The monoisotopic (exact) mass is 201 g/mol. The van der Waals surface area contributed by atoms with Crippen LogP contribution in [0.5, 0.6) is 0 Å². The minimum atomic E-state index is -0.846. The van der Waals surface area contributed by atoms with Crippen LogP contribution in [0.4, 0.5) is 4.79 Å². The first-order valence-corrected chi connectivity index (χ1v) is 4.53. The van der Waals surface area contributed by atoms with Crippen LogP contribution in [0, 0.1) is 0 Å². The van der Waals surface area contributed by atoms with Gasteiger partial charge in [-0.1, -0.05) is 0 Å². The summed E-state index contributed by atoms with van der Waals surface area (Å²) in [7, 11) is 0. The Morgan fingerprint density at radius 1 is 1.64 bits per heavy atom. The number of aliphatic hydroxyl groups excluding tert-OH is 1. The van der Waals surface area contributed by atoms with Gasteiger partial charge in [0.1, 0.15) is 0 Å². The summed E-state index contributed by atoms with van der Waals surface area (Å²) in [4.78, 5) is 23.5. The maximum atomic E-state index is 11.3. The zero-order chi connectivity index (χ0) is 10.7. The third-order valence-electron chi connectivity index (χ3n) is 2.37. The lowest BCUT2D eigenvalue weighted by atomic mass is 10.3. The minimum Gasteiger partial charge on any atom is -0.392 e. The second-order valence-electron chi connectivity index (χ2n) is 3.47. The van der Waals surface area contributed by atoms with E-state index in [1.165, 1.54) is 0 Å². The first kappa shape index (κ1) is 10.9. The highest BCUT2D eigenvalue weighted by Gasteiger charge is 2.28. The fourth-order valence-corrected chi connectivity index (χ4v) is 1.51. The number of hydrogen-bond donors (Lipinski definition) is 3. The van der Waals surface area contributed by atoms with Gasteiger partial charge in [-0.2, -0.15) is 0 Å². The van der Waals surface area contributed by atoms with Crippen molar-refractivity contribution in [2.45, 2.75) is 25.5 Å². The third-order valence-corrected chi connectivity index (χ3v) is 2.37. The van der Waals surface area contributed by atoms with Crippen molar-refractivity contribution in [2.24, 2.45) is 5.73 Å². The number of β-amino-alcohol motifs (C(OH)–C–C–N with tert-alkyl or cyclic N) is 1. The van der Waals surface area contributed by atoms with Crippen molar-refractivity contribution in [3.05, 3.63) is 0 Å². The Morgan fingerprint density at radius 3 is 2.71 bits per heavy atom. The molecule has 0 aromatic carbocycles. The Balaban J connectivity index is 2.44. The number of hydrogen-bond acceptors (Lipinski definition) is 4. The number of aliphatic hydroxyl groups is 1. The fourth-order valence-electron chi connectivity index (χ4n) is 1.51. The Morgan fingerprint density at radius 2 is 2.29 bits per heavy atom. The van der Waals surface area contributed by atoms with Crippen LogP contribution in [0.15, 0.2) is 0 Å². The maximum Gasteiger partial charge on any atom is 0.318 e. The first-order chi connectivity index (χ1) is 6.50. The van der Waals surface area contributed by atoms with Crippen molar-refractivity contribution in [1.29, 1.82) is 0 Å². The largest absolute Gasteiger partial charge is 0.392 e. The number of nitrogens with zero attached hydrogens (tertiary/aromatic N) is 1. The van der Waals surface area contributed by atoms with E-state index in [-0.39, 0.29) is 6.10 Å². The molecule has 0 aromatic rings. The normalized spacial score (nSPS) is 24.6. The second-order valence-corrected chi connectivity index (χ2v) is 3.47. The number of urea groups is 1. The van der Waals surface area contributed by atoms with Gasteiger partial charge in [0.15, 0.2) is 0 Å². The van der Waals surface area contributed by atoms with Gasteiger partial charge in [-0.05, 0) is 13.3 Å². The molecule has 1 rings (SSSR count). The van der Waals surface area contributed by atoms with Crippen LogP contribution in [-0.2, 0) is 4.79 Å². The standard InChI is InChI=1S/C8H15N3O3/c1-5(7(13)10-8(9)14)11-3-2-6(12)4-11/h5-6,12H,2-4H2,1H3,(H3,9,10,13,14). The number of rotatable bonds is 2. The molecule has 1 aliphatic rings. The minimum absolute atomic E-state index is 0.376.